The third-order valence-electron chi connectivity index (χ3n) is 4.42. The number of hydrogen-bond acceptors (Lipinski definition) is 1. The van der Waals surface area contributed by atoms with Gasteiger partial charge in [-0.05, 0) is 52.6 Å². The molecule has 24 heavy (non-hydrogen) atoms. The number of fused-ring (bicyclic) bond motifs is 5. The standard InChI is InChI=1S/C22H15NS/c1-2-10-22-20(8-1)19-9-3-5-15-11-12-18(14-21(15)19)24-17-7-4-6-16(13-17)23-22/h1-14,23H. The van der Waals surface area contributed by atoms with Crippen molar-refractivity contribution in [1.82, 2.24) is 4.98 Å². The van der Waals surface area contributed by atoms with Gasteiger partial charge in [0.25, 0.3) is 0 Å². The minimum absolute atomic E-state index is 1.12. The average Bonchev–Trinajstić information content (AvgIpc) is 2.63. The molecule has 0 saturated heterocycles. The molecule has 4 bridgehead atoms. The Hall–Kier alpha value is -2.84. The van der Waals surface area contributed by atoms with E-state index in [1.807, 2.05) is 11.3 Å². The van der Waals surface area contributed by atoms with E-state index < -0.39 is 0 Å². The van der Waals surface area contributed by atoms with Crippen molar-refractivity contribution in [2.24, 2.45) is 0 Å². The molecule has 0 aliphatic heterocycles. The molecule has 2 heteroatoms. The van der Waals surface area contributed by atoms with E-state index in [1.165, 1.54) is 30.9 Å². The summed E-state index contributed by atoms with van der Waals surface area (Å²) in [6.07, 6.45) is 0. The normalized spacial score (nSPS) is 11.3. The first-order chi connectivity index (χ1) is 11.9. The number of benzene rings is 4. The van der Waals surface area contributed by atoms with Crippen LogP contribution in [0.5, 0.6) is 0 Å². The largest absolute Gasteiger partial charge is 0.355 e. The van der Waals surface area contributed by atoms with Gasteiger partial charge in [0.1, 0.15) is 0 Å². The van der Waals surface area contributed by atoms with E-state index in [-0.39, 0.29) is 0 Å². The molecular formula is C22H15NS. The van der Waals surface area contributed by atoms with Crippen LogP contribution in [0.4, 0.5) is 0 Å². The summed E-state index contributed by atoms with van der Waals surface area (Å²) >= 11 is 1.81. The molecule has 0 radical (unpaired) electrons. The van der Waals surface area contributed by atoms with Crippen molar-refractivity contribution in [3.05, 3.63) is 84.9 Å². The maximum atomic E-state index is 3.60. The zero-order valence-corrected chi connectivity index (χ0v) is 13.8. The molecule has 1 N–H and O–H groups in total. The van der Waals surface area contributed by atoms with Crippen LogP contribution in [0, 0.1) is 0 Å². The van der Waals surface area contributed by atoms with Gasteiger partial charge in [0, 0.05) is 25.8 Å². The van der Waals surface area contributed by atoms with E-state index in [4.69, 9.17) is 0 Å². The number of hydrogen-bond donors (Lipinski definition) is 1. The Morgan fingerprint density at radius 3 is 2.42 bits per heavy atom. The molecule has 0 amide bonds. The molecule has 0 spiro atoms. The molecule has 0 unspecified atom stereocenters. The van der Waals surface area contributed by atoms with E-state index >= 15 is 0 Å². The lowest BCUT2D eigenvalue weighted by Gasteiger charge is -2.03. The molecule has 0 atom stereocenters. The second-order valence-corrected chi connectivity index (χ2v) is 7.14. The molecule has 0 fully saturated rings. The highest BCUT2D eigenvalue weighted by Gasteiger charge is 2.01. The fourth-order valence-corrected chi connectivity index (χ4v) is 4.22. The van der Waals surface area contributed by atoms with Gasteiger partial charge < -0.3 is 4.98 Å². The Labute approximate surface area is 143 Å². The predicted octanol–water partition coefficient (Wildman–Crippen LogP) is 6.81. The summed E-state index contributed by atoms with van der Waals surface area (Å²) in [4.78, 5) is 3.60. The third kappa shape index (κ3) is 2.24. The van der Waals surface area contributed by atoms with Gasteiger partial charge in [-0.25, -0.2) is 0 Å². The number of aromatic nitrogens is 1. The molecule has 4 aromatic carbocycles. The van der Waals surface area contributed by atoms with Gasteiger partial charge in [0.15, 0.2) is 0 Å². The van der Waals surface area contributed by atoms with E-state index in [2.05, 4.69) is 89.9 Å². The van der Waals surface area contributed by atoms with Crippen LogP contribution in [0.1, 0.15) is 0 Å². The summed E-state index contributed by atoms with van der Waals surface area (Å²) in [6, 6.07) is 30.4. The van der Waals surface area contributed by atoms with Crippen LogP contribution < -0.4 is 0 Å². The second-order valence-electron chi connectivity index (χ2n) is 5.99. The van der Waals surface area contributed by atoms with Gasteiger partial charge in [-0.1, -0.05) is 48.5 Å². The highest BCUT2D eigenvalue weighted by atomic mass is 32.1. The van der Waals surface area contributed by atoms with Crippen molar-refractivity contribution in [3.8, 4) is 0 Å². The van der Waals surface area contributed by atoms with Gasteiger partial charge in [0.2, 0.25) is 0 Å². The van der Waals surface area contributed by atoms with Crippen LogP contribution in [0.25, 0.3) is 42.0 Å². The molecule has 5 rings (SSSR count). The Morgan fingerprint density at radius 2 is 1.42 bits per heavy atom. The Morgan fingerprint density at radius 1 is 0.583 bits per heavy atom. The quantitative estimate of drug-likeness (QED) is 0.322. The van der Waals surface area contributed by atoms with E-state index in [0.717, 1.165) is 11.0 Å². The van der Waals surface area contributed by atoms with Crippen molar-refractivity contribution < 1.29 is 0 Å². The van der Waals surface area contributed by atoms with E-state index in [1.54, 1.807) is 0 Å². The predicted molar refractivity (Wildman–Crippen MR) is 106 cm³/mol. The highest BCUT2D eigenvalue weighted by Crippen LogP contribution is 2.29. The average molecular weight is 325 g/mol. The summed E-state index contributed by atoms with van der Waals surface area (Å²) < 4.78 is 2.52. The van der Waals surface area contributed by atoms with E-state index in [9.17, 15) is 0 Å². The van der Waals surface area contributed by atoms with Crippen molar-refractivity contribution in [2.45, 2.75) is 0 Å². The summed E-state index contributed by atoms with van der Waals surface area (Å²) in [5, 5.41) is 5.08. The van der Waals surface area contributed by atoms with Crippen molar-refractivity contribution >= 4 is 53.3 Å². The van der Waals surface area contributed by atoms with Crippen molar-refractivity contribution in [1.29, 1.82) is 0 Å². The molecule has 0 aliphatic rings. The smallest absolute Gasteiger partial charge is 0.0464 e. The Balaban J connectivity index is 2.17. The fourth-order valence-electron chi connectivity index (χ4n) is 3.31. The minimum Gasteiger partial charge on any atom is -0.355 e. The zero-order valence-electron chi connectivity index (χ0n) is 13.0. The van der Waals surface area contributed by atoms with Gasteiger partial charge in [-0.15, -0.1) is 11.3 Å². The van der Waals surface area contributed by atoms with Crippen LogP contribution in [-0.4, -0.2) is 4.98 Å². The summed E-state index contributed by atoms with van der Waals surface area (Å²) in [6.45, 7) is 0. The summed E-state index contributed by atoms with van der Waals surface area (Å²) in [7, 11) is 0. The van der Waals surface area contributed by atoms with Crippen LogP contribution in [0.3, 0.4) is 0 Å². The number of nitrogens with one attached hydrogen (secondary N) is 1. The molecule has 0 aliphatic carbocycles. The van der Waals surface area contributed by atoms with Crippen LogP contribution in [0.15, 0.2) is 84.9 Å². The number of H-pyrrole nitrogens is 1. The number of rotatable bonds is 0. The monoisotopic (exact) mass is 325 g/mol. The molecule has 0 saturated carbocycles. The molecule has 114 valence electrons. The van der Waals surface area contributed by atoms with Gasteiger partial charge >= 0.3 is 0 Å². The summed E-state index contributed by atoms with van der Waals surface area (Å²) in [5.41, 5.74) is 2.26. The highest BCUT2D eigenvalue weighted by molar-refractivity contribution is 7.22. The maximum absolute atomic E-state index is 3.60. The SMILES string of the molecule is c1cc2cc(c1)sc1ccc3cccc(c3c1)c1ccccc1[nH]2. The second kappa shape index (κ2) is 5.36. The Bertz CT molecular complexity index is 1260. The number of para-hydroxylation sites is 1. The maximum Gasteiger partial charge on any atom is 0.0464 e. The minimum atomic E-state index is 1.12. The third-order valence-corrected chi connectivity index (χ3v) is 5.40. The molecular weight excluding hydrogens is 310 g/mol. The molecule has 1 nitrogen and oxygen atoms in total. The summed E-state index contributed by atoms with van der Waals surface area (Å²) in [5.74, 6) is 0. The van der Waals surface area contributed by atoms with Crippen LogP contribution in [0.2, 0.25) is 0 Å². The molecule has 1 aromatic heterocycles. The zero-order chi connectivity index (χ0) is 15.9. The lowest BCUT2D eigenvalue weighted by molar-refractivity contribution is 1.51. The lowest BCUT2D eigenvalue weighted by Crippen LogP contribution is -1.78. The van der Waals surface area contributed by atoms with Gasteiger partial charge in [0.05, 0.1) is 0 Å². The van der Waals surface area contributed by atoms with Gasteiger partial charge in [-0.3, -0.25) is 0 Å². The van der Waals surface area contributed by atoms with Gasteiger partial charge in [-0.2, -0.15) is 0 Å². The first kappa shape index (κ1) is 13.6. The van der Waals surface area contributed by atoms with Crippen LogP contribution in [-0.2, 0) is 0 Å². The van der Waals surface area contributed by atoms with Crippen molar-refractivity contribution in [2.75, 3.05) is 0 Å². The lowest BCUT2D eigenvalue weighted by atomic mass is 10.0. The van der Waals surface area contributed by atoms with E-state index in [0.29, 0.717) is 0 Å². The fraction of sp³-hybridized carbons (Fsp3) is 0. The van der Waals surface area contributed by atoms with Crippen LogP contribution >= 0.6 is 11.3 Å². The topological polar surface area (TPSA) is 15.8 Å². The van der Waals surface area contributed by atoms with Crippen molar-refractivity contribution in [3.63, 3.8) is 0 Å². The number of aromatic amines is 1. The molecule has 5 aromatic rings. The Kier molecular flexibility index (Phi) is 3.03. The molecule has 1 heterocycles. The first-order valence-electron chi connectivity index (χ1n) is 8.04. The first-order valence-corrected chi connectivity index (χ1v) is 8.86.